The summed E-state index contributed by atoms with van der Waals surface area (Å²) in [5, 5.41) is 11.6. The van der Waals surface area contributed by atoms with Gasteiger partial charge in [-0.05, 0) is 38.8 Å². The lowest BCUT2D eigenvalue weighted by Gasteiger charge is -2.29. The number of nitrogens with one attached hydrogen (secondary N) is 1. The van der Waals surface area contributed by atoms with E-state index in [1.807, 2.05) is 0 Å². The number of carbonyl (C=O) groups excluding carboxylic acids is 2. The van der Waals surface area contributed by atoms with Crippen LogP contribution in [-0.4, -0.2) is 45.9 Å². The van der Waals surface area contributed by atoms with Crippen molar-refractivity contribution < 1.29 is 23.9 Å². The van der Waals surface area contributed by atoms with Crippen molar-refractivity contribution in [2.75, 3.05) is 0 Å². The summed E-state index contributed by atoms with van der Waals surface area (Å²) in [4.78, 5) is 36.7. The third-order valence-electron chi connectivity index (χ3n) is 3.43. The van der Waals surface area contributed by atoms with Crippen molar-refractivity contribution in [1.29, 1.82) is 0 Å². The van der Waals surface area contributed by atoms with Gasteiger partial charge < -0.3 is 19.7 Å². The highest BCUT2D eigenvalue weighted by atomic mass is 16.4. The molecule has 1 aromatic rings. The molecule has 1 aromatic heterocycles. The Hall–Kier alpha value is -2.31. The van der Waals surface area contributed by atoms with E-state index in [-0.39, 0.29) is 11.8 Å². The molecule has 1 fully saturated rings. The number of amides is 2. The summed E-state index contributed by atoms with van der Waals surface area (Å²) in [6, 6.07) is 1.29. The second-order valence-corrected chi connectivity index (χ2v) is 5.16. The van der Waals surface area contributed by atoms with E-state index in [2.05, 4.69) is 5.32 Å². The molecule has 0 bridgehead atoms. The van der Waals surface area contributed by atoms with Crippen LogP contribution in [0.15, 0.2) is 22.8 Å². The van der Waals surface area contributed by atoms with Gasteiger partial charge in [-0.25, -0.2) is 4.79 Å². The first kappa shape index (κ1) is 15.1. The maximum atomic E-state index is 12.4. The number of carbonyl (C=O) groups is 3. The van der Waals surface area contributed by atoms with Gasteiger partial charge in [0.15, 0.2) is 5.76 Å². The number of hydrogen-bond acceptors (Lipinski definition) is 4. The van der Waals surface area contributed by atoms with Gasteiger partial charge in [-0.2, -0.15) is 0 Å². The monoisotopic (exact) mass is 294 g/mol. The molecule has 0 aromatic carbocycles. The predicted octanol–water partition coefficient (Wildman–Crippen LogP) is 0.862. The van der Waals surface area contributed by atoms with E-state index < -0.39 is 29.9 Å². The van der Waals surface area contributed by atoms with Gasteiger partial charge in [0.05, 0.1) is 6.26 Å². The quantitative estimate of drug-likeness (QED) is 0.810. The van der Waals surface area contributed by atoms with Gasteiger partial charge in [0.2, 0.25) is 5.91 Å². The fourth-order valence-electron chi connectivity index (χ4n) is 2.12. The number of hydrogen-bond donors (Lipinski definition) is 2. The fraction of sp³-hybridized carbons (Fsp3) is 0.500. The normalized spacial score (nSPS) is 16.9. The highest BCUT2D eigenvalue weighted by Gasteiger charge is 2.40. The van der Waals surface area contributed by atoms with E-state index in [0.29, 0.717) is 0 Å². The molecule has 2 rings (SSSR count). The van der Waals surface area contributed by atoms with Crippen LogP contribution >= 0.6 is 0 Å². The van der Waals surface area contributed by atoms with Crippen LogP contribution in [0.25, 0.3) is 0 Å². The van der Waals surface area contributed by atoms with Gasteiger partial charge in [-0.3, -0.25) is 9.59 Å². The molecule has 0 radical (unpaired) electrons. The average molecular weight is 294 g/mol. The molecule has 114 valence electrons. The van der Waals surface area contributed by atoms with Crippen LogP contribution in [0.2, 0.25) is 0 Å². The summed E-state index contributed by atoms with van der Waals surface area (Å²) >= 11 is 0. The number of furan rings is 1. The maximum absolute atomic E-state index is 12.4. The number of rotatable bonds is 6. The van der Waals surface area contributed by atoms with Gasteiger partial charge >= 0.3 is 5.97 Å². The standard InChI is InChI=1S/C14H18N2O5/c1-8(15-12(17)11-4-3-7-21-11)13(18)16(10-5-6-10)9(2)14(19)20/h3-4,7-10H,5-6H2,1-2H3,(H,15,17)(H,19,20). The van der Waals surface area contributed by atoms with Gasteiger partial charge in [0, 0.05) is 6.04 Å². The molecule has 1 saturated carbocycles. The Labute approximate surface area is 121 Å². The van der Waals surface area contributed by atoms with Crippen LogP contribution in [-0.2, 0) is 9.59 Å². The molecule has 1 aliphatic carbocycles. The van der Waals surface area contributed by atoms with Crippen LogP contribution in [0.4, 0.5) is 0 Å². The van der Waals surface area contributed by atoms with E-state index in [0.717, 1.165) is 12.8 Å². The molecule has 2 N–H and O–H groups in total. The molecule has 1 heterocycles. The largest absolute Gasteiger partial charge is 0.480 e. The summed E-state index contributed by atoms with van der Waals surface area (Å²) in [5.41, 5.74) is 0. The zero-order valence-corrected chi connectivity index (χ0v) is 11.9. The van der Waals surface area contributed by atoms with Crippen molar-refractivity contribution in [2.24, 2.45) is 0 Å². The Bertz CT molecular complexity index is 536. The van der Waals surface area contributed by atoms with E-state index in [4.69, 9.17) is 9.52 Å². The third-order valence-corrected chi connectivity index (χ3v) is 3.43. The molecule has 1 aliphatic rings. The fourth-order valence-corrected chi connectivity index (χ4v) is 2.12. The second kappa shape index (κ2) is 5.99. The van der Waals surface area contributed by atoms with Crippen molar-refractivity contribution in [3.8, 4) is 0 Å². The average Bonchev–Trinajstić information content (AvgIpc) is 3.10. The van der Waals surface area contributed by atoms with Crippen LogP contribution in [0.1, 0.15) is 37.2 Å². The molecule has 2 amide bonds. The molecule has 0 spiro atoms. The molecule has 0 aliphatic heterocycles. The predicted molar refractivity (Wildman–Crippen MR) is 72.6 cm³/mol. The number of carboxylic acids is 1. The van der Waals surface area contributed by atoms with Crippen LogP contribution in [0.5, 0.6) is 0 Å². The van der Waals surface area contributed by atoms with E-state index in [1.165, 1.54) is 31.1 Å². The molecular formula is C14H18N2O5. The molecule has 2 unspecified atom stereocenters. The lowest BCUT2D eigenvalue weighted by Crippen LogP contribution is -2.52. The molecular weight excluding hydrogens is 276 g/mol. The Morgan fingerprint density at radius 1 is 1.38 bits per heavy atom. The van der Waals surface area contributed by atoms with Crippen molar-refractivity contribution in [3.63, 3.8) is 0 Å². The van der Waals surface area contributed by atoms with Crippen molar-refractivity contribution >= 4 is 17.8 Å². The van der Waals surface area contributed by atoms with E-state index in [9.17, 15) is 14.4 Å². The van der Waals surface area contributed by atoms with Gasteiger partial charge in [0.25, 0.3) is 5.91 Å². The van der Waals surface area contributed by atoms with Crippen LogP contribution in [0.3, 0.4) is 0 Å². The molecule has 0 saturated heterocycles. The minimum Gasteiger partial charge on any atom is -0.480 e. The lowest BCUT2D eigenvalue weighted by atomic mass is 10.2. The number of aliphatic carboxylic acids is 1. The highest BCUT2D eigenvalue weighted by Crippen LogP contribution is 2.29. The summed E-state index contributed by atoms with van der Waals surface area (Å²) in [5.74, 6) is -1.84. The van der Waals surface area contributed by atoms with Crippen molar-refractivity contribution in [2.45, 2.75) is 44.8 Å². The second-order valence-electron chi connectivity index (χ2n) is 5.16. The summed E-state index contributed by atoms with van der Waals surface area (Å²) < 4.78 is 4.95. The Morgan fingerprint density at radius 3 is 2.52 bits per heavy atom. The SMILES string of the molecule is CC(NC(=O)c1ccco1)C(=O)N(C1CC1)C(C)C(=O)O. The van der Waals surface area contributed by atoms with Gasteiger partial charge in [-0.15, -0.1) is 0 Å². The Kier molecular flexibility index (Phi) is 4.30. The number of carboxylic acid groups (broad SMARTS) is 1. The minimum absolute atomic E-state index is 0.0495. The van der Waals surface area contributed by atoms with Crippen molar-refractivity contribution in [1.82, 2.24) is 10.2 Å². The van der Waals surface area contributed by atoms with Gasteiger partial charge in [0.1, 0.15) is 12.1 Å². The first-order chi connectivity index (χ1) is 9.91. The highest BCUT2D eigenvalue weighted by molar-refractivity contribution is 5.96. The van der Waals surface area contributed by atoms with Gasteiger partial charge in [-0.1, -0.05) is 0 Å². The van der Waals surface area contributed by atoms with Crippen LogP contribution in [0, 0.1) is 0 Å². The third kappa shape index (κ3) is 3.42. The zero-order chi connectivity index (χ0) is 15.6. The number of nitrogens with zero attached hydrogens (tertiary/aromatic N) is 1. The van der Waals surface area contributed by atoms with Crippen molar-refractivity contribution in [3.05, 3.63) is 24.2 Å². The smallest absolute Gasteiger partial charge is 0.326 e. The first-order valence-corrected chi connectivity index (χ1v) is 6.81. The molecule has 7 heteroatoms. The minimum atomic E-state index is -1.06. The topological polar surface area (TPSA) is 99.9 Å². The lowest BCUT2D eigenvalue weighted by molar-refractivity contribution is -0.150. The van der Waals surface area contributed by atoms with E-state index >= 15 is 0 Å². The summed E-state index contributed by atoms with van der Waals surface area (Å²) in [6.45, 7) is 3.01. The summed E-state index contributed by atoms with van der Waals surface area (Å²) in [7, 11) is 0. The molecule has 2 atom stereocenters. The molecule has 21 heavy (non-hydrogen) atoms. The Balaban J connectivity index is 2.03. The Morgan fingerprint density at radius 2 is 2.05 bits per heavy atom. The van der Waals surface area contributed by atoms with E-state index in [1.54, 1.807) is 6.07 Å². The maximum Gasteiger partial charge on any atom is 0.326 e. The van der Waals surface area contributed by atoms with Crippen LogP contribution < -0.4 is 5.32 Å². The zero-order valence-electron chi connectivity index (χ0n) is 11.9. The first-order valence-electron chi connectivity index (χ1n) is 6.81. The summed E-state index contributed by atoms with van der Waals surface area (Å²) in [6.07, 6.45) is 2.95. The molecule has 7 nitrogen and oxygen atoms in total.